The molecule has 1 aliphatic heterocycles. The number of sulfonamides is 1. The van der Waals surface area contributed by atoms with E-state index in [-0.39, 0.29) is 29.1 Å². The minimum atomic E-state index is -4.22. The molecule has 1 atom stereocenters. The number of amides is 2. The first-order valence-electron chi connectivity index (χ1n) is 14.1. The number of halogens is 2. The smallest absolute Gasteiger partial charge is 0.264 e. The molecule has 2 amide bonds. The highest BCUT2D eigenvalue weighted by atomic mass is 35.5. The van der Waals surface area contributed by atoms with Crippen LogP contribution in [0.15, 0.2) is 71.6 Å². The van der Waals surface area contributed by atoms with E-state index < -0.39 is 28.5 Å². The fraction of sp³-hybridized carbons (Fsp3) is 0.355. The van der Waals surface area contributed by atoms with Gasteiger partial charge in [-0.1, -0.05) is 60.3 Å². The zero-order valence-electron chi connectivity index (χ0n) is 23.7. The van der Waals surface area contributed by atoms with Crippen LogP contribution in [-0.2, 0) is 26.2 Å². The van der Waals surface area contributed by atoms with Crippen LogP contribution in [0.25, 0.3) is 0 Å². The minimum Gasteiger partial charge on any atom is -0.486 e. The highest BCUT2D eigenvalue weighted by Gasteiger charge is 2.34. The number of nitrogens with one attached hydrogen (secondary N) is 1. The first-order chi connectivity index (χ1) is 20.6. The molecule has 0 aromatic heterocycles. The van der Waals surface area contributed by atoms with E-state index in [0.717, 1.165) is 30.0 Å². The van der Waals surface area contributed by atoms with Crippen LogP contribution in [0.2, 0.25) is 10.0 Å². The largest absolute Gasteiger partial charge is 0.486 e. The Kier molecular flexibility index (Phi) is 9.68. The average Bonchev–Trinajstić information content (AvgIpc) is 3.52. The lowest BCUT2D eigenvalue weighted by atomic mass is 10.1. The van der Waals surface area contributed by atoms with Gasteiger partial charge in [-0.2, -0.15) is 0 Å². The Bertz CT molecular complexity index is 1580. The van der Waals surface area contributed by atoms with E-state index in [1.165, 1.54) is 17.0 Å². The minimum absolute atomic E-state index is 0.0111. The van der Waals surface area contributed by atoms with Crippen LogP contribution < -0.4 is 19.1 Å². The predicted molar refractivity (Wildman–Crippen MR) is 165 cm³/mol. The molecule has 3 aromatic carbocycles. The third-order valence-electron chi connectivity index (χ3n) is 7.65. The van der Waals surface area contributed by atoms with Gasteiger partial charge in [0.25, 0.3) is 10.0 Å². The lowest BCUT2D eigenvalue weighted by Crippen LogP contribution is -2.52. The molecule has 9 nitrogen and oxygen atoms in total. The number of carbonyl (C=O) groups excluding carboxylic acids is 2. The van der Waals surface area contributed by atoms with Crippen molar-refractivity contribution in [1.82, 2.24) is 10.2 Å². The predicted octanol–water partition coefficient (Wildman–Crippen LogP) is 5.44. The summed E-state index contributed by atoms with van der Waals surface area (Å²) in [7, 11) is -4.22. The van der Waals surface area contributed by atoms with Gasteiger partial charge in [0, 0.05) is 28.7 Å². The van der Waals surface area contributed by atoms with Crippen molar-refractivity contribution in [2.24, 2.45) is 0 Å². The number of fused-ring (bicyclic) bond motifs is 1. The molecular weight excluding hydrogens is 613 g/mol. The Hall–Kier alpha value is -3.47. The Morgan fingerprint density at radius 3 is 2.35 bits per heavy atom. The van der Waals surface area contributed by atoms with Crippen molar-refractivity contribution in [3.8, 4) is 11.5 Å². The van der Waals surface area contributed by atoms with Gasteiger partial charge in [0.05, 0.1) is 10.6 Å². The van der Waals surface area contributed by atoms with Crippen molar-refractivity contribution >= 4 is 50.7 Å². The normalized spacial score (nSPS) is 15.5. The summed E-state index contributed by atoms with van der Waals surface area (Å²) in [6, 6.07) is 16.6. The van der Waals surface area contributed by atoms with Crippen molar-refractivity contribution in [1.29, 1.82) is 0 Å². The van der Waals surface area contributed by atoms with Crippen LogP contribution >= 0.6 is 23.2 Å². The Balaban J connectivity index is 1.50. The van der Waals surface area contributed by atoms with Gasteiger partial charge in [0.15, 0.2) is 11.5 Å². The third-order valence-corrected chi connectivity index (χ3v) is 10.0. The van der Waals surface area contributed by atoms with Crippen molar-refractivity contribution in [2.75, 3.05) is 24.1 Å². The Morgan fingerprint density at radius 2 is 1.65 bits per heavy atom. The first-order valence-corrected chi connectivity index (χ1v) is 16.3. The second-order valence-electron chi connectivity index (χ2n) is 10.6. The van der Waals surface area contributed by atoms with Crippen molar-refractivity contribution in [2.45, 2.75) is 56.1 Å². The van der Waals surface area contributed by atoms with Gasteiger partial charge in [-0.15, -0.1) is 0 Å². The molecule has 0 bridgehead atoms. The molecule has 1 fully saturated rings. The average molecular weight is 647 g/mol. The summed E-state index contributed by atoms with van der Waals surface area (Å²) in [5.74, 6) is -0.0511. The van der Waals surface area contributed by atoms with Gasteiger partial charge in [0.2, 0.25) is 11.8 Å². The molecular formula is C31H33Cl2N3O6S. The first kappa shape index (κ1) is 31.0. The number of hydrogen-bond donors (Lipinski definition) is 1. The fourth-order valence-electron chi connectivity index (χ4n) is 5.24. The Labute approximate surface area is 261 Å². The topological polar surface area (TPSA) is 105 Å². The monoisotopic (exact) mass is 645 g/mol. The second-order valence-corrected chi connectivity index (χ2v) is 13.3. The van der Waals surface area contributed by atoms with Gasteiger partial charge in [0.1, 0.15) is 25.8 Å². The molecule has 0 radical (unpaired) electrons. The summed E-state index contributed by atoms with van der Waals surface area (Å²) >= 11 is 12.6. The second kappa shape index (κ2) is 13.4. The van der Waals surface area contributed by atoms with Gasteiger partial charge < -0.3 is 19.7 Å². The molecule has 1 aliphatic carbocycles. The molecule has 0 saturated heterocycles. The lowest BCUT2D eigenvalue weighted by Gasteiger charge is -2.33. The zero-order chi connectivity index (χ0) is 30.6. The van der Waals surface area contributed by atoms with Crippen LogP contribution in [0.5, 0.6) is 11.5 Å². The molecule has 5 rings (SSSR count). The molecule has 3 aromatic rings. The van der Waals surface area contributed by atoms with Gasteiger partial charge >= 0.3 is 0 Å². The number of anilines is 1. The highest BCUT2D eigenvalue weighted by Crippen LogP contribution is 2.36. The molecule has 0 spiro atoms. The molecule has 1 saturated carbocycles. The molecule has 1 heterocycles. The number of carbonyl (C=O) groups is 2. The molecule has 2 aliphatic rings. The summed E-state index contributed by atoms with van der Waals surface area (Å²) in [6.07, 6.45) is 3.82. The maximum absolute atomic E-state index is 14.2. The summed E-state index contributed by atoms with van der Waals surface area (Å²) in [5.41, 5.74) is 0.783. The van der Waals surface area contributed by atoms with E-state index in [2.05, 4.69) is 5.32 Å². The maximum atomic E-state index is 14.2. The summed E-state index contributed by atoms with van der Waals surface area (Å²) in [5, 5.41) is 3.81. The summed E-state index contributed by atoms with van der Waals surface area (Å²) < 4.78 is 40.4. The highest BCUT2D eigenvalue weighted by molar-refractivity contribution is 7.92. The van der Waals surface area contributed by atoms with Crippen molar-refractivity contribution in [3.63, 3.8) is 0 Å². The van der Waals surface area contributed by atoms with Crippen LogP contribution in [-0.4, -0.2) is 57.0 Å². The number of ether oxygens (including phenoxy) is 2. The van der Waals surface area contributed by atoms with Crippen LogP contribution in [0.3, 0.4) is 0 Å². The van der Waals surface area contributed by atoms with E-state index in [1.54, 1.807) is 61.5 Å². The fourth-order valence-corrected chi connectivity index (χ4v) is 7.14. The van der Waals surface area contributed by atoms with Gasteiger partial charge in [-0.25, -0.2) is 8.42 Å². The zero-order valence-corrected chi connectivity index (χ0v) is 26.0. The van der Waals surface area contributed by atoms with E-state index in [0.29, 0.717) is 40.3 Å². The standard InChI is InChI=1S/C31H33Cl2N3O6S/c1-21(31(38)34-24-7-5-6-8-24)35(19-22-11-12-23(32)17-27(22)33)30(37)20-36(43(39,40)26-9-3-2-4-10-26)25-13-14-28-29(18-25)42-16-15-41-28/h2-4,9-14,17-18,21,24H,5-8,15-16,19-20H2,1H3,(H,34,38)/t21-/m1/s1. The Morgan fingerprint density at radius 1 is 0.953 bits per heavy atom. The molecule has 12 heteroatoms. The number of hydrogen-bond acceptors (Lipinski definition) is 6. The van der Waals surface area contributed by atoms with E-state index in [4.69, 9.17) is 32.7 Å². The van der Waals surface area contributed by atoms with Crippen LogP contribution in [0, 0.1) is 0 Å². The number of nitrogens with zero attached hydrogens (tertiary/aromatic N) is 2. The number of benzene rings is 3. The van der Waals surface area contributed by atoms with Crippen LogP contribution in [0.4, 0.5) is 5.69 Å². The maximum Gasteiger partial charge on any atom is 0.264 e. The van der Waals surface area contributed by atoms with Crippen LogP contribution in [0.1, 0.15) is 38.2 Å². The SMILES string of the molecule is C[C@H](C(=O)NC1CCCC1)N(Cc1ccc(Cl)cc1Cl)C(=O)CN(c1ccc2c(c1)OCCO2)S(=O)(=O)c1ccccc1. The molecule has 43 heavy (non-hydrogen) atoms. The van der Waals surface area contributed by atoms with E-state index in [9.17, 15) is 18.0 Å². The van der Waals surface area contributed by atoms with Gasteiger partial charge in [-0.05, 0) is 61.7 Å². The molecule has 228 valence electrons. The third kappa shape index (κ3) is 7.20. The number of rotatable bonds is 10. The quantitative estimate of drug-likeness (QED) is 0.315. The van der Waals surface area contributed by atoms with E-state index in [1.807, 2.05) is 0 Å². The van der Waals surface area contributed by atoms with Gasteiger partial charge in [-0.3, -0.25) is 13.9 Å². The lowest BCUT2D eigenvalue weighted by molar-refractivity contribution is -0.139. The van der Waals surface area contributed by atoms with Crippen molar-refractivity contribution in [3.05, 3.63) is 82.3 Å². The molecule has 0 unspecified atom stereocenters. The van der Waals surface area contributed by atoms with E-state index >= 15 is 0 Å². The van der Waals surface area contributed by atoms with Crippen molar-refractivity contribution < 1.29 is 27.5 Å². The summed E-state index contributed by atoms with van der Waals surface area (Å²) in [4.78, 5) is 28.9. The summed E-state index contributed by atoms with van der Waals surface area (Å²) in [6.45, 7) is 1.70. The molecule has 1 N–H and O–H groups in total.